The summed E-state index contributed by atoms with van der Waals surface area (Å²) in [5.41, 5.74) is 0.516. The summed E-state index contributed by atoms with van der Waals surface area (Å²) >= 11 is 0. The Bertz CT molecular complexity index is 938. The van der Waals surface area contributed by atoms with E-state index in [1.54, 1.807) is 6.08 Å². The third-order valence-corrected chi connectivity index (χ3v) is 9.39. The summed E-state index contributed by atoms with van der Waals surface area (Å²) < 4.78 is 78.3. The molecule has 2 fully saturated rings. The molecule has 6 atom stereocenters. The Hall–Kier alpha value is -2.00. The van der Waals surface area contributed by atoms with Gasteiger partial charge < -0.3 is 10.0 Å². The van der Waals surface area contributed by atoms with E-state index in [1.807, 2.05) is 6.92 Å². The number of carbonyl (C=O) groups excluding carboxylic acids is 1. The smallest absolute Gasteiger partial charge is 0.406 e. The number of carbonyl (C=O) groups is 2. The second-order valence-electron chi connectivity index (χ2n) is 11.3. The Morgan fingerprint density at radius 2 is 1.63 bits per heavy atom. The van der Waals surface area contributed by atoms with Gasteiger partial charge in [0.1, 0.15) is 13.1 Å². The lowest BCUT2D eigenvalue weighted by Crippen LogP contribution is -2.53. The fourth-order valence-corrected chi connectivity index (χ4v) is 7.76. The van der Waals surface area contributed by atoms with Gasteiger partial charge in [0.05, 0.1) is 0 Å². The van der Waals surface area contributed by atoms with Gasteiger partial charge in [-0.15, -0.1) is 0 Å². The number of nitrogens with zero attached hydrogens (tertiary/aromatic N) is 1. The van der Waals surface area contributed by atoms with Crippen LogP contribution in [0.4, 0.5) is 26.3 Å². The molecule has 1 amide bonds. The second kappa shape index (κ2) is 8.54. The van der Waals surface area contributed by atoms with Crippen molar-refractivity contribution in [1.29, 1.82) is 0 Å². The van der Waals surface area contributed by atoms with E-state index >= 15 is 0 Å². The Balaban J connectivity index is 1.59. The van der Waals surface area contributed by atoms with Gasteiger partial charge in [-0.05, 0) is 85.2 Å². The highest BCUT2D eigenvalue weighted by molar-refractivity contribution is 5.87. The van der Waals surface area contributed by atoms with Gasteiger partial charge in [0.25, 0.3) is 0 Å². The van der Waals surface area contributed by atoms with Gasteiger partial charge in [0.15, 0.2) is 0 Å². The van der Waals surface area contributed by atoms with E-state index in [1.165, 1.54) is 0 Å². The van der Waals surface area contributed by atoms with Crippen LogP contribution < -0.4 is 0 Å². The third kappa shape index (κ3) is 4.73. The van der Waals surface area contributed by atoms with Crippen molar-refractivity contribution in [1.82, 2.24) is 4.90 Å². The molecule has 0 heterocycles. The van der Waals surface area contributed by atoms with Crippen molar-refractivity contribution < 1.29 is 41.0 Å². The molecular weight excluding hydrogens is 476 g/mol. The van der Waals surface area contributed by atoms with Crippen molar-refractivity contribution in [2.75, 3.05) is 13.1 Å². The van der Waals surface area contributed by atoms with E-state index in [0.717, 1.165) is 5.57 Å². The van der Waals surface area contributed by atoms with Crippen LogP contribution in [0.3, 0.4) is 0 Å². The highest BCUT2D eigenvalue weighted by atomic mass is 19.4. The predicted octanol–water partition coefficient (Wildman–Crippen LogP) is 6.14. The number of hydrogen-bond acceptors (Lipinski definition) is 2. The first-order chi connectivity index (χ1) is 16.1. The first-order valence-corrected chi connectivity index (χ1v) is 12.1. The molecule has 35 heavy (non-hydrogen) atoms. The van der Waals surface area contributed by atoms with Gasteiger partial charge in [-0.1, -0.05) is 19.9 Å². The molecule has 0 unspecified atom stereocenters. The minimum absolute atomic E-state index is 0.0216. The van der Waals surface area contributed by atoms with Crippen molar-refractivity contribution >= 4 is 11.9 Å². The molecule has 0 radical (unpaired) electrons. The third-order valence-electron chi connectivity index (χ3n) is 9.39. The maximum Gasteiger partial charge on any atom is 0.406 e. The Morgan fingerprint density at radius 3 is 2.20 bits per heavy atom. The largest absolute Gasteiger partial charge is 0.478 e. The molecule has 0 aromatic carbocycles. The number of aliphatic carboxylic acids is 1. The number of rotatable bonds is 4. The van der Waals surface area contributed by atoms with Crippen LogP contribution in [-0.2, 0) is 9.59 Å². The molecule has 0 saturated heterocycles. The summed E-state index contributed by atoms with van der Waals surface area (Å²) in [5, 5.41) is 9.40. The first-order valence-electron chi connectivity index (χ1n) is 12.1. The zero-order valence-corrected chi connectivity index (χ0v) is 19.8. The molecule has 0 aliphatic heterocycles. The summed E-state index contributed by atoms with van der Waals surface area (Å²) in [6.45, 7) is 0.196. The molecule has 1 N–H and O–H groups in total. The molecule has 0 aromatic rings. The van der Waals surface area contributed by atoms with Crippen LogP contribution in [0.2, 0.25) is 0 Å². The molecule has 4 aliphatic rings. The minimum Gasteiger partial charge on any atom is -0.478 e. The maximum atomic E-state index is 13.2. The average molecular weight is 508 g/mol. The number of alkyl halides is 6. The van der Waals surface area contributed by atoms with E-state index < -0.39 is 48.7 Å². The summed E-state index contributed by atoms with van der Waals surface area (Å²) in [7, 11) is 0. The number of hydrogen-bond donors (Lipinski definition) is 1. The zero-order chi connectivity index (χ0) is 26.0. The van der Waals surface area contributed by atoms with E-state index in [-0.39, 0.29) is 34.5 Å². The number of carboxylic acids is 1. The van der Waals surface area contributed by atoms with Gasteiger partial charge in [-0.2, -0.15) is 26.3 Å². The Labute approximate surface area is 200 Å². The molecule has 0 spiro atoms. The number of carboxylic acid groups (broad SMARTS) is 1. The number of halogens is 6. The lowest BCUT2D eigenvalue weighted by molar-refractivity contribution is -0.192. The van der Waals surface area contributed by atoms with E-state index in [2.05, 4.69) is 13.0 Å². The molecule has 0 bridgehead atoms. The van der Waals surface area contributed by atoms with Crippen molar-refractivity contribution in [3.63, 3.8) is 0 Å². The molecule has 196 valence electrons. The first kappa shape index (κ1) is 26.1. The van der Waals surface area contributed by atoms with Gasteiger partial charge in [0.2, 0.25) is 5.91 Å². The number of amides is 1. The Morgan fingerprint density at radius 1 is 1.00 bits per heavy atom. The molecule has 2 saturated carbocycles. The number of fused-ring (bicyclic) bond motifs is 5. The lowest BCUT2D eigenvalue weighted by atomic mass is 9.48. The van der Waals surface area contributed by atoms with Crippen molar-refractivity contribution in [2.24, 2.45) is 34.5 Å². The van der Waals surface area contributed by atoms with Gasteiger partial charge in [-0.3, -0.25) is 4.79 Å². The van der Waals surface area contributed by atoms with Crippen LogP contribution in [0, 0.1) is 34.5 Å². The fourth-order valence-electron chi connectivity index (χ4n) is 7.76. The monoisotopic (exact) mass is 507 g/mol. The molecule has 10 heteroatoms. The minimum atomic E-state index is -4.92. The van der Waals surface area contributed by atoms with Crippen molar-refractivity contribution in [3.8, 4) is 0 Å². The highest BCUT2D eigenvalue weighted by Crippen LogP contribution is 2.66. The van der Waals surface area contributed by atoms with E-state index in [4.69, 9.17) is 0 Å². The van der Waals surface area contributed by atoms with Crippen molar-refractivity contribution in [3.05, 3.63) is 23.3 Å². The van der Waals surface area contributed by atoms with Crippen LogP contribution >= 0.6 is 0 Å². The highest BCUT2D eigenvalue weighted by Gasteiger charge is 2.60. The normalized spacial score (nSPS) is 36.9. The maximum absolute atomic E-state index is 13.2. The lowest BCUT2D eigenvalue weighted by Gasteiger charge is -2.57. The summed E-state index contributed by atoms with van der Waals surface area (Å²) in [5.74, 6) is -2.42. The molecule has 0 aromatic heterocycles. The standard InChI is InChI=1S/C25H31F6NO3/c1-22-9-7-14(21(34)35)11-15(22)3-4-16-17-5-6-19(23(17,2)10-8-18(16)22)20(33)32(12-24(26,27)28)13-25(29,30)31/h3,11,16-19H,4-10,12-13H2,1-2H3,(H,34,35)/t16-,17-,18-,19+,22-,23-/m0/s1. The van der Waals surface area contributed by atoms with Gasteiger partial charge in [-0.25, -0.2) is 4.79 Å². The molecule has 4 rings (SSSR count). The zero-order valence-electron chi connectivity index (χ0n) is 19.8. The molecular formula is C25H31F6NO3. The molecule has 4 aliphatic carbocycles. The van der Waals surface area contributed by atoms with E-state index in [9.17, 15) is 41.0 Å². The average Bonchev–Trinajstić information content (AvgIpc) is 3.07. The summed E-state index contributed by atoms with van der Waals surface area (Å²) in [4.78, 5) is 24.6. The van der Waals surface area contributed by atoms with Gasteiger partial charge >= 0.3 is 18.3 Å². The quantitative estimate of drug-likeness (QED) is 0.465. The fraction of sp³-hybridized carbons (Fsp3) is 0.760. The van der Waals surface area contributed by atoms with Gasteiger partial charge in [0, 0.05) is 11.5 Å². The van der Waals surface area contributed by atoms with E-state index in [0.29, 0.717) is 44.1 Å². The van der Waals surface area contributed by atoms with Crippen LogP contribution in [-0.4, -0.2) is 47.3 Å². The SMILES string of the molecule is C[C@]12CC[C@H]3[C@@H](CC=C4C=C(C(=O)O)CC[C@@]43C)[C@@H]1CC[C@@H]2C(=O)N(CC(F)(F)F)CC(F)(F)F. The predicted molar refractivity (Wildman–Crippen MR) is 115 cm³/mol. The van der Waals surface area contributed by atoms with Crippen LogP contribution in [0.1, 0.15) is 58.8 Å². The van der Waals surface area contributed by atoms with Crippen molar-refractivity contribution in [2.45, 2.75) is 71.1 Å². The summed E-state index contributed by atoms with van der Waals surface area (Å²) in [6.07, 6.45) is -2.04. The Kier molecular flexibility index (Phi) is 6.36. The topological polar surface area (TPSA) is 57.6 Å². The van der Waals surface area contributed by atoms with Crippen LogP contribution in [0.25, 0.3) is 0 Å². The van der Waals surface area contributed by atoms with Crippen LogP contribution in [0.5, 0.6) is 0 Å². The van der Waals surface area contributed by atoms with Crippen LogP contribution in [0.15, 0.2) is 23.3 Å². The number of allylic oxidation sites excluding steroid dienone is 3. The summed E-state index contributed by atoms with van der Waals surface area (Å²) in [6, 6.07) is 0. The second-order valence-corrected chi connectivity index (χ2v) is 11.3. The molecule has 4 nitrogen and oxygen atoms in total.